The summed E-state index contributed by atoms with van der Waals surface area (Å²) in [5, 5.41) is 9.28. The van der Waals surface area contributed by atoms with Crippen LogP contribution in [0.5, 0.6) is 0 Å². The number of aromatic nitrogens is 2. The summed E-state index contributed by atoms with van der Waals surface area (Å²) >= 11 is 0. The first-order valence-corrected chi connectivity index (χ1v) is 8.79. The molecule has 1 amide bonds. The maximum absolute atomic E-state index is 13.1. The molecule has 6 nitrogen and oxygen atoms in total. The fourth-order valence-corrected chi connectivity index (χ4v) is 2.76. The summed E-state index contributed by atoms with van der Waals surface area (Å²) in [6.07, 6.45) is 1.24. The van der Waals surface area contributed by atoms with Crippen molar-refractivity contribution in [2.45, 2.75) is 13.5 Å². The zero-order chi connectivity index (χ0) is 20.1. The molecule has 2 N–H and O–H groups in total. The molecular formula is C21H20FN3O3. The van der Waals surface area contributed by atoms with Gasteiger partial charge < -0.3 is 15.0 Å². The van der Waals surface area contributed by atoms with E-state index in [4.69, 9.17) is 0 Å². The maximum Gasteiger partial charge on any atom is 0.264 e. The van der Waals surface area contributed by atoms with Gasteiger partial charge in [-0.25, -0.2) is 9.37 Å². The first kappa shape index (κ1) is 19.4. The van der Waals surface area contributed by atoms with Gasteiger partial charge in [0.05, 0.1) is 6.61 Å². The molecule has 0 radical (unpaired) electrons. The van der Waals surface area contributed by atoms with Crippen molar-refractivity contribution in [3.05, 3.63) is 87.6 Å². The van der Waals surface area contributed by atoms with Crippen LogP contribution in [0.2, 0.25) is 0 Å². The van der Waals surface area contributed by atoms with Gasteiger partial charge in [0.15, 0.2) is 0 Å². The molecule has 0 saturated heterocycles. The molecule has 2 aromatic carbocycles. The van der Waals surface area contributed by atoms with Crippen LogP contribution < -0.4 is 5.56 Å². The van der Waals surface area contributed by atoms with Crippen molar-refractivity contribution in [2.24, 2.45) is 0 Å². The van der Waals surface area contributed by atoms with Crippen LogP contribution in [-0.2, 0) is 6.54 Å². The van der Waals surface area contributed by atoms with Gasteiger partial charge in [-0.1, -0.05) is 42.0 Å². The predicted octanol–water partition coefficient (Wildman–Crippen LogP) is 2.52. The summed E-state index contributed by atoms with van der Waals surface area (Å²) < 4.78 is 13.1. The lowest BCUT2D eigenvalue weighted by atomic mass is 10.1. The Morgan fingerprint density at radius 3 is 2.43 bits per heavy atom. The fourth-order valence-electron chi connectivity index (χ4n) is 2.76. The topological polar surface area (TPSA) is 86.3 Å². The van der Waals surface area contributed by atoms with E-state index in [0.717, 1.165) is 11.1 Å². The Bertz CT molecular complexity index is 1010. The van der Waals surface area contributed by atoms with Gasteiger partial charge in [-0.2, -0.15) is 0 Å². The molecule has 0 unspecified atom stereocenters. The average Bonchev–Trinajstić information content (AvgIpc) is 2.69. The Morgan fingerprint density at radius 2 is 1.82 bits per heavy atom. The zero-order valence-electron chi connectivity index (χ0n) is 15.4. The summed E-state index contributed by atoms with van der Waals surface area (Å²) in [6.45, 7) is 1.87. The second kappa shape index (κ2) is 8.58. The number of hydrogen-bond acceptors (Lipinski definition) is 4. The van der Waals surface area contributed by atoms with Crippen LogP contribution in [0.25, 0.3) is 11.4 Å². The molecule has 0 bridgehead atoms. The van der Waals surface area contributed by atoms with E-state index in [9.17, 15) is 19.1 Å². The van der Waals surface area contributed by atoms with E-state index in [1.54, 1.807) is 12.1 Å². The molecule has 7 heteroatoms. The predicted molar refractivity (Wildman–Crippen MR) is 103 cm³/mol. The molecule has 3 rings (SSSR count). The summed E-state index contributed by atoms with van der Waals surface area (Å²) in [7, 11) is 0. The molecule has 0 aliphatic carbocycles. The number of carbonyl (C=O) groups is 1. The van der Waals surface area contributed by atoms with Gasteiger partial charge in [0.1, 0.15) is 17.2 Å². The summed E-state index contributed by atoms with van der Waals surface area (Å²) in [6, 6.07) is 13.2. The van der Waals surface area contributed by atoms with E-state index in [0.29, 0.717) is 11.4 Å². The van der Waals surface area contributed by atoms with Crippen molar-refractivity contribution in [1.82, 2.24) is 14.9 Å². The quantitative estimate of drug-likeness (QED) is 0.687. The van der Waals surface area contributed by atoms with Gasteiger partial charge in [0.2, 0.25) is 0 Å². The monoisotopic (exact) mass is 381 g/mol. The Kier molecular flexibility index (Phi) is 5.96. The SMILES string of the molecule is Cc1ccc(-c2ncc(C(=O)N(CCO)Cc3ccc(F)cc3)c(=O)[nH]2)cc1. The Balaban J connectivity index is 1.85. The molecule has 1 heterocycles. The summed E-state index contributed by atoms with van der Waals surface area (Å²) in [4.78, 5) is 33.4. The number of hydrogen-bond donors (Lipinski definition) is 2. The van der Waals surface area contributed by atoms with Crippen molar-refractivity contribution in [3.8, 4) is 11.4 Å². The third-order valence-corrected chi connectivity index (χ3v) is 4.30. The minimum absolute atomic E-state index is 0.0371. The lowest BCUT2D eigenvalue weighted by Crippen LogP contribution is -2.36. The number of nitrogens with one attached hydrogen (secondary N) is 1. The second-order valence-corrected chi connectivity index (χ2v) is 6.42. The number of benzene rings is 2. The van der Waals surface area contributed by atoms with Crippen molar-refractivity contribution < 1.29 is 14.3 Å². The Labute approximate surface area is 161 Å². The molecule has 0 aliphatic rings. The summed E-state index contributed by atoms with van der Waals surface area (Å²) in [5.74, 6) is -0.563. The standard InChI is InChI=1S/C21H20FN3O3/c1-14-2-6-16(7-3-14)19-23-12-18(20(27)24-19)21(28)25(10-11-26)13-15-4-8-17(22)9-5-15/h2-9,12,26H,10-11,13H2,1H3,(H,23,24,27). The Morgan fingerprint density at radius 1 is 1.14 bits per heavy atom. The van der Waals surface area contributed by atoms with Gasteiger partial charge in [-0.3, -0.25) is 9.59 Å². The first-order chi connectivity index (χ1) is 13.5. The van der Waals surface area contributed by atoms with Crippen LogP contribution in [0.15, 0.2) is 59.5 Å². The molecule has 28 heavy (non-hydrogen) atoms. The number of carbonyl (C=O) groups excluding carboxylic acids is 1. The number of aromatic amines is 1. The largest absolute Gasteiger partial charge is 0.395 e. The van der Waals surface area contributed by atoms with Gasteiger partial charge in [-0.15, -0.1) is 0 Å². The number of H-pyrrole nitrogens is 1. The molecule has 0 spiro atoms. The highest BCUT2D eigenvalue weighted by atomic mass is 19.1. The number of nitrogens with zero attached hydrogens (tertiary/aromatic N) is 2. The van der Waals surface area contributed by atoms with Gasteiger partial charge in [0, 0.05) is 24.8 Å². The van der Waals surface area contributed by atoms with Crippen molar-refractivity contribution >= 4 is 5.91 Å². The number of aliphatic hydroxyl groups is 1. The molecule has 144 valence electrons. The van der Waals surface area contributed by atoms with Gasteiger partial charge in [-0.05, 0) is 24.6 Å². The van der Waals surface area contributed by atoms with Crippen LogP contribution in [0.1, 0.15) is 21.5 Å². The van der Waals surface area contributed by atoms with E-state index in [1.165, 1.54) is 23.2 Å². The smallest absolute Gasteiger partial charge is 0.264 e. The number of aliphatic hydroxyl groups excluding tert-OH is 1. The molecule has 0 aliphatic heterocycles. The van der Waals surface area contributed by atoms with Crippen LogP contribution >= 0.6 is 0 Å². The maximum atomic E-state index is 13.1. The molecule has 0 atom stereocenters. The van der Waals surface area contributed by atoms with E-state index in [1.807, 2.05) is 31.2 Å². The van der Waals surface area contributed by atoms with Crippen LogP contribution in [0.3, 0.4) is 0 Å². The summed E-state index contributed by atoms with van der Waals surface area (Å²) in [5.41, 5.74) is 1.83. The molecule has 0 saturated carbocycles. The highest BCUT2D eigenvalue weighted by Gasteiger charge is 2.20. The lowest BCUT2D eigenvalue weighted by molar-refractivity contribution is 0.0705. The highest BCUT2D eigenvalue weighted by Crippen LogP contribution is 2.15. The van der Waals surface area contributed by atoms with Crippen molar-refractivity contribution in [1.29, 1.82) is 0 Å². The molecule has 0 fully saturated rings. The third-order valence-electron chi connectivity index (χ3n) is 4.30. The van der Waals surface area contributed by atoms with E-state index >= 15 is 0 Å². The van der Waals surface area contributed by atoms with Gasteiger partial charge in [0.25, 0.3) is 11.5 Å². The highest BCUT2D eigenvalue weighted by molar-refractivity contribution is 5.93. The zero-order valence-corrected chi connectivity index (χ0v) is 15.4. The fraction of sp³-hybridized carbons (Fsp3) is 0.190. The first-order valence-electron chi connectivity index (χ1n) is 8.79. The molecule has 3 aromatic rings. The van der Waals surface area contributed by atoms with Crippen LogP contribution in [-0.4, -0.2) is 39.0 Å². The number of amides is 1. The minimum Gasteiger partial charge on any atom is -0.395 e. The average molecular weight is 381 g/mol. The van der Waals surface area contributed by atoms with Crippen LogP contribution in [0.4, 0.5) is 4.39 Å². The molecular weight excluding hydrogens is 361 g/mol. The van der Waals surface area contributed by atoms with Gasteiger partial charge >= 0.3 is 0 Å². The Hall–Kier alpha value is -3.32. The minimum atomic E-state index is -0.558. The number of aryl methyl sites for hydroxylation is 1. The third kappa shape index (κ3) is 4.50. The van der Waals surface area contributed by atoms with Crippen LogP contribution in [0, 0.1) is 12.7 Å². The van der Waals surface area contributed by atoms with E-state index < -0.39 is 11.5 Å². The van der Waals surface area contributed by atoms with E-state index in [2.05, 4.69) is 9.97 Å². The normalized spacial score (nSPS) is 10.7. The van der Waals surface area contributed by atoms with Crippen molar-refractivity contribution in [3.63, 3.8) is 0 Å². The van der Waals surface area contributed by atoms with Crippen molar-refractivity contribution in [2.75, 3.05) is 13.2 Å². The van der Waals surface area contributed by atoms with E-state index in [-0.39, 0.29) is 31.1 Å². The second-order valence-electron chi connectivity index (χ2n) is 6.42. The number of halogens is 1. The molecule has 1 aromatic heterocycles. The number of rotatable bonds is 6. The lowest BCUT2D eigenvalue weighted by Gasteiger charge is -2.21.